The van der Waals surface area contributed by atoms with Gasteiger partial charge in [0, 0.05) is 6.04 Å². The van der Waals surface area contributed by atoms with E-state index in [1.165, 1.54) is 0 Å². The van der Waals surface area contributed by atoms with E-state index in [9.17, 15) is 0 Å². The summed E-state index contributed by atoms with van der Waals surface area (Å²) in [6, 6.07) is 9.67. The maximum absolute atomic E-state index is 8.59. The smallest absolute Gasteiger partial charge is 0.0991 e. The average molecular weight is 174 g/mol. The van der Waals surface area contributed by atoms with Crippen LogP contribution < -0.4 is 5.73 Å². The van der Waals surface area contributed by atoms with Crippen LogP contribution in [0, 0.1) is 11.3 Å². The van der Waals surface area contributed by atoms with Crippen LogP contribution in [0.3, 0.4) is 0 Å². The predicted octanol–water partition coefficient (Wildman–Crippen LogP) is 2.36. The van der Waals surface area contributed by atoms with Gasteiger partial charge in [-0.2, -0.15) is 5.26 Å². The first-order valence-corrected chi connectivity index (χ1v) is 4.53. The molecule has 0 spiro atoms. The van der Waals surface area contributed by atoms with Crippen LogP contribution >= 0.6 is 0 Å². The number of hydrogen-bond acceptors (Lipinski definition) is 2. The van der Waals surface area contributed by atoms with Gasteiger partial charge < -0.3 is 5.73 Å². The van der Waals surface area contributed by atoms with Gasteiger partial charge in [-0.15, -0.1) is 0 Å². The Hall–Kier alpha value is -1.33. The van der Waals surface area contributed by atoms with Crippen molar-refractivity contribution in [1.82, 2.24) is 0 Å². The third-order valence-corrected chi connectivity index (χ3v) is 2.07. The summed E-state index contributed by atoms with van der Waals surface area (Å²) in [6.45, 7) is 2.11. The van der Waals surface area contributed by atoms with Crippen LogP contribution in [-0.2, 0) is 0 Å². The Labute approximate surface area is 79.0 Å². The number of nitrogens with zero attached hydrogens (tertiary/aromatic N) is 1. The van der Waals surface area contributed by atoms with Crippen molar-refractivity contribution < 1.29 is 0 Å². The van der Waals surface area contributed by atoms with Gasteiger partial charge in [-0.05, 0) is 24.1 Å². The van der Waals surface area contributed by atoms with Gasteiger partial charge in [-0.3, -0.25) is 0 Å². The molecule has 0 aromatic heterocycles. The molecule has 1 unspecified atom stereocenters. The number of nitriles is 1. The van der Waals surface area contributed by atoms with Gasteiger partial charge in [0.1, 0.15) is 0 Å². The van der Waals surface area contributed by atoms with E-state index in [4.69, 9.17) is 11.0 Å². The fourth-order valence-corrected chi connectivity index (χ4v) is 1.28. The molecule has 68 valence electrons. The van der Waals surface area contributed by atoms with Crippen molar-refractivity contribution in [2.24, 2.45) is 5.73 Å². The van der Waals surface area contributed by atoms with E-state index in [0.717, 1.165) is 18.4 Å². The Morgan fingerprint density at radius 1 is 1.38 bits per heavy atom. The second-order valence-electron chi connectivity index (χ2n) is 3.13. The highest BCUT2D eigenvalue weighted by atomic mass is 14.6. The molecular weight excluding hydrogens is 160 g/mol. The molecule has 0 aliphatic rings. The Kier molecular flexibility index (Phi) is 3.48. The minimum atomic E-state index is 0.109. The molecule has 2 nitrogen and oxygen atoms in total. The molecule has 0 aliphatic heterocycles. The van der Waals surface area contributed by atoms with Crippen LogP contribution in [0.15, 0.2) is 24.3 Å². The minimum absolute atomic E-state index is 0.109. The Morgan fingerprint density at radius 2 is 2.00 bits per heavy atom. The van der Waals surface area contributed by atoms with Crippen LogP contribution in [0.5, 0.6) is 0 Å². The maximum atomic E-state index is 8.59. The topological polar surface area (TPSA) is 49.8 Å². The molecule has 0 saturated carbocycles. The lowest BCUT2D eigenvalue weighted by Gasteiger charge is -2.09. The van der Waals surface area contributed by atoms with Crippen LogP contribution in [0.25, 0.3) is 0 Å². The second-order valence-corrected chi connectivity index (χ2v) is 3.13. The maximum Gasteiger partial charge on any atom is 0.0991 e. The molecule has 0 heterocycles. The highest BCUT2D eigenvalue weighted by Gasteiger charge is 2.03. The molecule has 0 amide bonds. The van der Waals surface area contributed by atoms with Crippen LogP contribution in [0.4, 0.5) is 0 Å². The summed E-state index contributed by atoms with van der Waals surface area (Å²) in [5, 5.41) is 8.59. The monoisotopic (exact) mass is 174 g/mol. The molecule has 1 aromatic carbocycles. The van der Waals surface area contributed by atoms with Crippen molar-refractivity contribution in [2.75, 3.05) is 0 Å². The zero-order chi connectivity index (χ0) is 9.68. The van der Waals surface area contributed by atoms with E-state index in [1.54, 1.807) is 0 Å². The highest BCUT2D eigenvalue weighted by molar-refractivity contribution is 5.32. The summed E-state index contributed by atoms with van der Waals surface area (Å²) in [4.78, 5) is 0. The van der Waals surface area contributed by atoms with Gasteiger partial charge >= 0.3 is 0 Å². The standard InChI is InChI=1S/C11H14N2/c1-2-3-11(13)10-6-4-9(8-12)5-7-10/h4-7,11H,2-3,13H2,1H3. The summed E-state index contributed by atoms with van der Waals surface area (Å²) >= 11 is 0. The lowest BCUT2D eigenvalue weighted by atomic mass is 10.0. The van der Waals surface area contributed by atoms with Gasteiger partial charge in [0.15, 0.2) is 0 Å². The third-order valence-electron chi connectivity index (χ3n) is 2.07. The van der Waals surface area contributed by atoms with Gasteiger partial charge in [-0.1, -0.05) is 25.5 Å². The summed E-state index contributed by atoms with van der Waals surface area (Å²) in [5.41, 5.74) is 7.71. The fourth-order valence-electron chi connectivity index (χ4n) is 1.28. The van der Waals surface area contributed by atoms with Crippen molar-refractivity contribution >= 4 is 0 Å². The molecule has 0 fully saturated rings. The summed E-state index contributed by atoms with van der Waals surface area (Å²) in [7, 11) is 0. The lowest BCUT2D eigenvalue weighted by molar-refractivity contribution is 0.638. The zero-order valence-electron chi connectivity index (χ0n) is 7.83. The number of rotatable bonds is 3. The quantitative estimate of drug-likeness (QED) is 0.764. The number of benzene rings is 1. The summed E-state index contributed by atoms with van der Waals surface area (Å²) in [5.74, 6) is 0. The van der Waals surface area contributed by atoms with Crippen molar-refractivity contribution in [3.8, 4) is 6.07 Å². The van der Waals surface area contributed by atoms with E-state index >= 15 is 0 Å². The summed E-state index contributed by atoms with van der Waals surface area (Å²) < 4.78 is 0. The minimum Gasteiger partial charge on any atom is -0.324 e. The molecule has 13 heavy (non-hydrogen) atoms. The van der Waals surface area contributed by atoms with Crippen molar-refractivity contribution in [1.29, 1.82) is 5.26 Å². The molecule has 2 heteroatoms. The highest BCUT2D eigenvalue weighted by Crippen LogP contribution is 2.15. The molecule has 0 saturated heterocycles. The van der Waals surface area contributed by atoms with Gasteiger partial charge in [-0.25, -0.2) is 0 Å². The van der Waals surface area contributed by atoms with Crippen molar-refractivity contribution in [3.63, 3.8) is 0 Å². The Morgan fingerprint density at radius 3 is 2.46 bits per heavy atom. The third kappa shape index (κ3) is 2.57. The van der Waals surface area contributed by atoms with E-state index in [1.807, 2.05) is 24.3 Å². The zero-order valence-corrected chi connectivity index (χ0v) is 7.83. The van der Waals surface area contributed by atoms with E-state index < -0.39 is 0 Å². The van der Waals surface area contributed by atoms with E-state index in [2.05, 4.69) is 13.0 Å². The first-order chi connectivity index (χ1) is 6.27. The molecule has 1 aromatic rings. The number of nitrogens with two attached hydrogens (primary N) is 1. The Balaban J connectivity index is 2.75. The molecule has 1 rings (SSSR count). The predicted molar refractivity (Wildman–Crippen MR) is 53.0 cm³/mol. The lowest BCUT2D eigenvalue weighted by Crippen LogP contribution is -2.09. The van der Waals surface area contributed by atoms with Crippen molar-refractivity contribution in [3.05, 3.63) is 35.4 Å². The normalized spacial score (nSPS) is 12.1. The van der Waals surface area contributed by atoms with E-state index in [0.29, 0.717) is 5.56 Å². The first kappa shape index (κ1) is 9.76. The SMILES string of the molecule is CCCC(N)c1ccc(C#N)cc1. The van der Waals surface area contributed by atoms with Crippen molar-refractivity contribution in [2.45, 2.75) is 25.8 Å². The van der Waals surface area contributed by atoms with Gasteiger partial charge in [0.25, 0.3) is 0 Å². The van der Waals surface area contributed by atoms with E-state index in [-0.39, 0.29) is 6.04 Å². The molecule has 1 atom stereocenters. The first-order valence-electron chi connectivity index (χ1n) is 4.53. The van der Waals surface area contributed by atoms with Gasteiger partial charge in [0.05, 0.1) is 11.6 Å². The average Bonchev–Trinajstić information content (AvgIpc) is 2.18. The molecular formula is C11H14N2. The van der Waals surface area contributed by atoms with Gasteiger partial charge in [0.2, 0.25) is 0 Å². The summed E-state index contributed by atoms with van der Waals surface area (Å²) in [6.07, 6.45) is 2.08. The van der Waals surface area contributed by atoms with Crippen LogP contribution in [0.1, 0.15) is 36.9 Å². The molecule has 2 N–H and O–H groups in total. The van der Waals surface area contributed by atoms with Crippen LogP contribution in [-0.4, -0.2) is 0 Å². The fraction of sp³-hybridized carbons (Fsp3) is 0.364. The largest absolute Gasteiger partial charge is 0.324 e. The second kappa shape index (κ2) is 4.64. The molecule has 0 bridgehead atoms. The molecule has 0 aliphatic carbocycles. The molecule has 0 radical (unpaired) electrons. The number of hydrogen-bond donors (Lipinski definition) is 1. The van der Waals surface area contributed by atoms with Crippen LogP contribution in [0.2, 0.25) is 0 Å². The Bertz CT molecular complexity index is 295.